The minimum Gasteiger partial charge on any atom is -0.450 e. The molecule has 6 nitrogen and oxygen atoms in total. The summed E-state index contributed by atoms with van der Waals surface area (Å²) in [4.78, 5) is 28.6. The van der Waals surface area contributed by atoms with E-state index >= 15 is 0 Å². The van der Waals surface area contributed by atoms with E-state index < -0.39 is 0 Å². The second kappa shape index (κ2) is 8.88. The van der Waals surface area contributed by atoms with Crippen LogP contribution in [0, 0.1) is 5.92 Å². The summed E-state index contributed by atoms with van der Waals surface area (Å²) in [5, 5.41) is 3.11. The highest BCUT2D eigenvalue weighted by molar-refractivity contribution is 5.79. The van der Waals surface area contributed by atoms with Gasteiger partial charge in [0.25, 0.3) is 0 Å². The van der Waals surface area contributed by atoms with Crippen molar-refractivity contribution in [1.82, 2.24) is 15.1 Å². The van der Waals surface area contributed by atoms with Gasteiger partial charge in [-0.05, 0) is 72.9 Å². The Kier molecular flexibility index (Phi) is 7.11. The first-order valence-corrected chi connectivity index (χ1v) is 9.78. The molecule has 0 bridgehead atoms. The number of hydrogen-bond acceptors (Lipinski definition) is 4. The van der Waals surface area contributed by atoms with Crippen LogP contribution < -0.4 is 5.32 Å². The average Bonchev–Trinajstić information content (AvgIpc) is 2.80. The predicted octanol–water partition coefficient (Wildman–Crippen LogP) is 2.62. The first-order chi connectivity index (χ1) is 11.8. The molecule has 0 aliphatic carbocycles. The zero-order valence-corrected chi connectivity index (χ0v) is 16.3. The molecule has 2 aliphatic rings. The minimum absolute atomic E-state index is 0.136. The van der Waals surface area contributed by atoms with E-state index in [9.17, 15) is 9.59 Å². The van der Waals surface area contributed by atoms with E-state index in [-0.39, 0.29) is 23.5 Å². The Bertz CT molecular complexity index is 453. The number of carbonyl (C=O) groups excluding carboxylic acids is 2. The zero-order chi connectivity index (χ0) is 18.4. The molecular weight excluding hydrogens is 318 g/mol. The quantitative estimate of drug-likeness (QED) is 0.847. The summed E-state index contributed by atoms with van der Waals surface area (Å²) in [5.41, 5.74) is -0.161. The summed E-state index contributed by atoms with van der Waals surface area (Å²) in [7, 11) is 0. The van der Waals surface area contributed by atoms with Gasteiger partial charge in [0.15, 0.2) is 0 Å². The molecule has 25 heavy (non-hydrogen) atoms. The third kappa shape index (κ3) is 6.17. The van der Waals surface area contributed by atoms with E-state index in [0.29, 0.717) is 12.6 Å². The van der Waals surface area contributed by atoms with Crippen molar-refractivity contribution < 1.29 is 14.3 Å². The van der Waals surface area contributed by atoms with Crippen LogP contribution in [0.1, 0.15) is 59.8 Å². The van der Waals surface area contributed by atoms with Crippen LogP contribution in [0.3, 0.4) is 0 Å². The maximum Gasteiger partial charge on any atom is 0.409 e. The molecular formula is C19H35N3O3. The van der Waals surface area contributed by atoms with E-state index in [1.807, 2.05) is 32.6 Å². The molecule has 2 rings (SSSR count). The Balaban J connectivity index is 1.79. The molecule has 2 saturated heterocycles. The first kappa shape index (κ1) is 20.0. The number of carbonyl (C=O) groups is 2. The molecule has 0 unspecified atom stereocenters. The molecule has 1 N–H and O–H groups in total. The highest BCUT2D eigenvalue weighted by Gasteiger charge is 2.31. The summed E-state index contributed by atoms with van der Waals surface area (Å²) in [5.74, 6) is 0.332. The zero-order valence-electron chi connectivity index (χ0n) is 16.3. The van der Waals surface area contributed by atoms with Crippen LogP contribution in [-0.2, 0) is 9.53 Å². The van der Waals surface area contributed by atoms with Crippen molar-refractivity contribution in [3.05, 3.63) is 0 Å². The van der Waals surface area contributed by atoms with Crippen molar-refractivity contribution in [2.75, 3.05) is 32.8 Å². The summed E-state index contributed by atoms with van der Waals surface area (Å²) < 4.78 is 5.13. The largest absolute Gasteiger partial charge is 0.450 e. The smallest absolute Gasteiger partial charge is 0.409 e. The fourth-order valence-corrected chi connectivity index (χ4v) is 3.84. The molecule has 6 heteroatoms. The van der Waals surface area contributed by atoms with Crippen LogP contribution in [0.25, 0.3) is 0 Å². The van der Waals surface area contributed by atoms with E-state index in [4.69, 9.17) is 4.74 Å². The molecule has 0 aromatic heterocycles. The lowest BCUT2D eigenvalue weighted by Crippen LogP contribution is -2.48. The maximum absolute atomic E-state index is 12.3. The normalized spacial score (nSPS) is 23.8. The van der Waals surface area contributed by atoms with E-state index in [1.54, 1.807) is 0 Å². The fraction of sp³-hybridized carbons (Fsp3) is 0.895. The number of rotatable bonds is 3. The summed E-state index contributed by atoms with van der Waals surface area (Å²) >= 11 is 0. The lowest BCUT2D eigenvalue weighted by atomic mass is 9.92. The van der Waals surface area contributed by atoms with E-state index in [1.165, 1.54) is 0 Å². The van der Waals surface area contributed by atoms with Gasteiger partial charge in [-0.3, -0.25) is 4.79 Å². The summed E-state index contributed by atoms with van der Waals surface area (Å²) in [6, 6.07) is 0.519. The van der Waals surface area contributed by atoms with Gasteiger partial charge in [-0.2, -0.15) is 0 Å². The number of hydrogen-bond donors (Lipinski definition) is 1. The molecule has 144 valence electrons. The molecule has 2 amide bonds. The second-order valence-corrected chi connectivity index (χ2v) is 8.32. The highest BCUT2D eigenvalue weighted by Crippen LogP contribution is 2.25. The molecule has 2 fully saturated rings. The van der Waals surface area contributed by atoms with Crippen LogP contribution in [0.4, 0.5) is 4.79 Å². The lowest BCUT2D eigenvalue weighted by molar-refractivity contribution is -0.128. The Hall–Kier alpha value is -1.30. The van der Waals surface area contributed by atoms with Crippen molar-refractivity contribution in [3.63, 3.8) is 0 Å². The van der Waals surface area contributed by atoms with Crippen molar-refractivity contribution in [2.45, 2.75) is 71.4 Å². The fourth-order valence-electron chi connectivity index (χ4n) is 3.84. The molecule has 0 aromatic carbocycles. The molecule has 1 atom stereocenters. The molecule has 0 radical (unpaired) electrons. The summed E-state index contributed by atoms with van der Waals surface area (Å²) in [6.45, 7) is 11.9. The van der Waals surface area contributed by atoms with Gasteiger partial charge in [0.05, 0.1) is 6.61 Å². The van der Waals surface area contributed by atoms with Gasteiger partial charge in [-0.25, -0.2) is 4.79 Å². The SMILES string of the molecule is CCOC(=O)N1CCC[C@H](N2CCC(C(=O)NC(C)(C)C)CC2)CC1. The van der Waals surface area contributed by atoms with Gasteiger partial charge < -0.3 is 19.9 Å². The number of nitrogens with zero attached hydrogens (tertiary/aromatic N) is 2. The van der Waals surface area contributed by atoms with E-state index in [2.05, 4.69) is 10.2 Å². The van der Waals surface area contributed by atoms with Crippen LogP contribution in [0.5, 0.6) is 0 Å². The third-order valence-corrected chi connectivity index (χ3v) is 5.14. The van der Waals surface area contributed by atoms with Crippen LogP contribution in [-0.4, -0.2) is 66.2 Å². The van der Waals surface area contributed by atoms with E-state index in [0.717, 1.165) is 58.3 Å². The number of likely N-dealkylation sites (tertiary alicyclic amines) is 2. The Labute approximate surface area is 152 Å². The average molecular weight is 354 g/mol. The minimum atomic E-state index is -0.180. The van der Waals surface area contributed by atoms with Crippen molar-refractivity contribution >= 4 is 12.0 Å². The third-order valence-electron chi connectivity index (χ3n) is 5.14. The molecule has 2 heterocycles. The van der Waals surface area contributed by atoms with Gasteiger partial charge in [-0.15, -0.1) is 0 Å². The summed E-state index contributed by atoms with van der Waals surface area (Å²) in [6.07, 6.45) is 4.82. The van der Waals surface area contributed by atoms with Crippen LogP contribution >= 0.6 is 0 Å². The monoisotopic (exact) mass is 353 g/mol. The van der Waals surface area contributed by atoms with Crippen molar-refractivity contribution in [1.29, 1.82) is 0 Å². The van der Waals surface area contributed by atoms with Gasteiger partial charge in [0, 0.05) is 30.6 Å². The predicted molar refractivity (Wildman–Crippen MR) is 98.4 cm³/mol. The molecule has 0 aromatic rings. The van der Waals surface area contributed by atoms with Crippen molar-refractivity contribution in [2.24, 2.45) is 5.92 Å². The van der Waals surface area contributed by atoms with Gasteiger partial charge in [0.1, 0.15) is 0 Å². The number of ether oxygens (including phenoxy) is 1. The van der Waals surface area contributed by atoms with Gasteiger partial charge in [0.2, 0.25) is 5.91 Å². The Morgan fingerprint density at radius 1 is 1.04 bits per heavy atom. The number of nitrogens with one attached hydrogen (secondary N) is 1. The van der Waals surface area contributed by atoms with Crippen molar-refractivity contribution in [3.8, 4) is 0 Å². The molecule has 0 saturated carbocycles. The van der Waals surface area contributed by atoms with Gasteiger partial charge >= 0.3 is 6.09 Å². The molecule has 0 spiro atoms. The number of amides is 2. The van der Waals surface area contributed by atoms with Gasteiger partial charge in [-0.1, -0.05) is 0 Å². The van der Waals surface area contributed by atoms with Crippen LogP contribution in [0.15, 0.2) is 0 Å². The topological polar surface area (TPSA) is 61.9 Å². The Morgan fingerprint density at radius 3 is 2.32 bits per heavy atom. The lowest BCUT2D eigenvalue weighted by Gasteiger charge is -2.37. The molecule has 2 aliphatic heterocycles. The second-order valence-electron chi connectivity index (χ2n) is 8.32. The van der Waals surface area contributed by atoms with Crippen LogP contribution in [0.2, 0.25) is 0 Å². The Morgan fingerprint density at radius 2 is 1.72 bits per heavy atom. The standard InChI is InChI=1S/C19H35N3O3/c1-5-25-18(24)22-11-6-7-16(10-14-22)21-12-8-15(9-13-21)17(23)20-19(2,3)4/h15-16H,5-14H2,1-4H3,(H,20,23)/t16-/m0/s1. The first-order valence-electron chi connectivity index (χ1n) is 9.78. The maximum atomic E-state index is 12.3. The highest BCUT2D eigenvalue weighted by atomic mass is 16.6. The number of piperidine rings is 1.